The van der Waals surface area contributed by atoms with Crippen LogP contribution < -0.4 is 0 Å². The number of benzene rings is 1. The van der Waals surface area contributed by atoms with Gasteiger partial charge in [0.2, 0.25) is 0 Å². The highest BCUT2D eigenvalue weighted by molar-refractivity contribution is 6.31. The Morgan fingerprint density at radius 1 is 1.29 bits per heavy atom. The van der Waals surface area contributed by atoms with E-state index in [1.807, 2.05) is 0 Å². The molecule has 17 heavy (non-hydrogen) atoms. The monoisotopic (exact) mass is 254 g/mol. The van der Waals surface area contributed by atoms with Crippen LogP contribution in [0.2, 0.25) is 5.02 Å². The average Bonchev–Trinajstić information content (AvgIpc) is 2.90. The molecule has 2 saturated carbocycles. The highest BCUT2D eigenvalue weighted by Crippen LogP contribution is 2.57. The van der Waals surface area contributed by atoms with Crippen LogP contribution in [0.1, 0.15) is 36.5 Å². The molecule has 0 saturated heterocycles. The predicted octanol–water partition coefficient (Wildman–Crippen LogP) is 3.87. The highest BCUT2D eigenvalue weighted by Gasteiger charge is 2.48. The zero-order valence-electron chi connectivity index (χ0n) is 9.79. The lowest BCUT2D eigenvalue weighted by Crippen LogP contribution is -2.12. The first-order chi connectivity index (χ1) is 8.06. The lowest BCUT2D eigenvalue weighted by molar-refractivity contribution is 0.104. The summed E-state index contributed by atoms with van der Waals surface area (Å²) in [7, 11) is 0. The fourth-order valence-electron chi connectivity index (χ4n) is 3.18. The fraction of sp³-hybridized carbons (Fsp3) is 0.571. The average molecular weight is 255 g/mol. The molecular weight excluding hydrogens is 239 g/mol. The second-order valence-corrected chi connectivity index (χ2v) is 5.96. The fourth-order valence-corrected chi connectivity index (χ4v) is 3.44. The van der Waals surface area contributed by atoms with Crippen LogP contribution in [0.15, 0.2) is 12.1 Å². The quantitative estimate of drug-likeness (QED) is 0.850. The maximum Gasteiger partial charge on any atom is 0.127 e. The minimum atomic E-state index is -0.533. The molecule has 3 unspecified atom stereocenters. The summed E-state index contributed by atoms with van der Waals surface area (Å²) in [6, 6.07) is 3.00. The Morgan fingerprint density at radius 2 is 1.94 bits per heavy atom. The van der Waals surface area contributed by atoms with E-state index in [-0.39, 0.29) is 5.82 Å². The molecule has 3 atom stereocenters. The number of aryl methyl sites for hydroxylation is 1. The van der Waals surface area contributed by atoms with Gasteiger partial charge in [0.1, 0.15) is 5.82 Å². The van der Waals surface area contributed by atoms with Gasteiger partial charge in [-0.15, -0.1) is 0 Å². The van der Waals surface area contributed by atoms with Crippen LogP contribution in [-0.2, 0) is 0 Å². The molecule has 1 N–H and O–H groups in total. The van der Waals surface area contributed by atoms with Crippen LogP contribution in [0.5, 0.6) is 0 Å². The third kappa shape index (κ3) is 1.98. The van der Waals surface area contributed by atoms with Gasteiger partial charge in [0.15, 0.2) is 0 Å². The van der Waals surface area contributed by atoms with Crippen molar-refractivity contribution in [3.63, 3.8) is 0 Å². The largest absolute Gasteiger partial charge is 0.388 e. The smallest absolute Gasteiger partial charge is 0.127 e. The van der Waals surface area contributed by atoms with Crippen LogP contribution in [0.3, 0.4) is 0 Å². The van der Waals surface area contributed by atoms with E-state index in [9.17, 15) is 9.50 Å². The Hall–Kier alpha value is -0.600. The lowest BCUT2D eigenvalue weighted by atomic mass is 9.91. The highest BCUT2D eigenvalue weighted by atomic mass is 35.5. The molecular formula is C14H16ClFO. The topological polar surface area (TPSA) is 20.2 Å². The van der Waals surface area contributed by atoms with Crippen molar-refractivity contribution < 1.29 is 9.50 Å². The molecule has 1 nitrogen and oxygen atoms in total. The molecule has 3 rings (SSSR count). The molecule has 0 heterocycles. The zero-order chi connectivity index (χ0) is 12.2. The van der Waals surface area contributed by atoms with E-state index in [0.717, 1.165) is 24.7 Å². The normalized spacial score (nSPS) is 32.4. The van der Waals surface area contributed by atoms with Crippen LogP contribution >= 0.6 is 11.6 Å². The molecule has 2 fully saturated rings. The van der Waals surface area contributed by atoms with Crippen LogP contribution in [0.25, 0.3) is 0 Å². The second-order valence-electron chi connectivity index (χ2n) is 5.56. The minimum absolute atomic E-state index is 0.305. The van der Waals surface area contributed by atoms with E-state index >= 15 is 0 Å². The summed E-state index contributed by atoms with van der Waals surface area (Å²) in [5.41, 5.74) is 1.24. The first-order valence-electron chi connectivity index (χ1n) is 6.20. The third-order valence-electron chi connectivity index (χ3n) is 4.32. The Kier molecular flexibility index (Phi) is 2.68. The van der Waals surface area contributed by atoms with Crippen LogP contribution in [0, 0.1) is 30.5 Å². The number of rotatable bonds is 2. The Labute approximate surface area is 106 Å². The van der Waals surface area contributed by atoms with Crippen molar-refractivity contribution in [2.75, 3.05) is 0 Å². The maximum atomic E-state index is 13.3. The van der Waals surface area contributed by atoms with E-state index in [0.29, 0.717) is 22.1 Å². The Bertz CT molecular complexity index is 450. The maximum absolute atomic E-state index is 13.3. The predicted molar refractivity (Wildman–Crippen MR) is 65.4 cm³/mol. The molecule has 0 aliphatic heterocycles. The number of halogens is 2. The molecule has 0 aromatic heterocycles. The van der Waals surface area contributed by atoms with Crippen molar-refractivity contribution in [2.45, 2.75) is 32.3 Å². The van der Waals surface area contributed by atoms with Crippen molar-refractivity contribution in [2.24, 2.45) is 17.8 Å². The first kappa shape index (κ1) is 11.5. The standard InChI is InChI=1S/C14H16ClFO/c1-7-2-11(12(15)6-13(7)16)14(17)10-4-8-3-9(8)5-10/h2,6,8-10,14,17H,3-5H2,1H3. The van der Waals surface area contributed by atoms with E-state index in [1.165, 1.54) is 12.5 Å². The number of hydrogen-bond donors (Lipinski definition) is 1. The van der Waals surface area contributed by atoms with Gasteiger partial charge in [-0.05, 0) is 67.2 Å². The molecule has 2 aliphatic carbocycles. The molecule has 0 bridgehead atoms. The van der Waals surface area contributed by atoms with E-state index in [4.69, 9.17) is 11.6 Å². The number of hydrogen-bond acceptors (Lipinski definition) is 1. The number of aliphatic hydroxyl groups excluding tert-OH is 1. The van der Waals surface area contributed by atoms with Crippen LogP contribution in [0.4, 0.5) is 4.39 Å². The lowest BCUT2D eigenvalue weighted by Gasteiger charge is -2.21. The summed E-state index contributed by atoms with van der Waals surface area (Å²) in [6.07, 6.45) is 2.99. The van der Waals surface area contributed by atoms with Crippen LogP contribution in [-0.4, -0.2) is 5.11 Å². The van der Waals surface area contributed by atoms with Gasteiger partial charge in [-0.25, -0.2) is 4.39 Å². The molecule has 0 spiro atoms. The molecule has 0 radical (unpaired) electrons. The Morgan fingerprint density at radius 3 is 2.59 bits per heavy atom. The van der Waals surface area contributed by atoms with Gasteiger partial charge in [-0.2, -0.15) is 0 Å². The van der Waals surface area contributed by atoms with Gasteiger partial charge >= 0.3 is 0 Å². The summed E-state index contributed by atoms with van der Waals surface area (Å²) < 4.78 is 13.3. The summed E-state index contributed by atoms with van der Waals surface area (Å²) >= 11 is 6.02. The van der Waals surface area contributed by atoms with Gasteiger partial charge < -0.3 is 5.11 Å². The van der Waals surface area contributed by atoms with Gasteiger partial charge in [-0.1, -0.05) is 11.6 Å². The van der Waals surface area contributed by atoms with Crippen molar-refractivity contribution in [1.82, 2.24) is 0 Å². The van der Waals surface area contributed by atoms with Gasteiger partial charge in [-0.3, -0.25) is 0 Å². The number of fused-ring (bicyclic) bond motifs is 1. The van der Waals surface area contributed by atoms with Crippen molar-refractivity contribution >= 4 is 11.6 Å². The Balaban J connectivity index is 1.85. The van der Waals surface area contributed by atoms with Gasteiger partial charge in [0, 0.05) is 5.02 Å². The first-order valence-corrected chi connectivity index (χ1v) is 6.57. The molecule has 1 aromatic rings. The summed E-state index contributed by atoms with van der Waals surface area (Å²) in [5.74, 6) is 1.66. The SMILES string of the molecule is Cc1cc(C(O)C2CC3CC3C2)c(Cl)cc1F. The molecule has 0 amide bonds. The molecule has 92 valence electrons. The minimum Gasteiger partial charge on any atom is -0.388 e. The number of aliphatic hydroxyl groups is 1. The molecule has 1 aromatic carbocycles. The van der Waals surface area contributed by atoms with E-state index in [2.05, 4.69) is 0 Å². The van der Waals surface area contributed by atoms with E-state index in [1.54, 1.807) is 13.0 Å². The van der Waals surface area contributed by atoms with Gasteiger partial charge in [0.05, 0.1) is 6.10 Å². The van der Waals surface area contributed by atoms with Crippen molar-refractivity contribution in [3.05, 3.63) is 34.1 Å². The van der Waals surface area contributed by atoms with Crippen molar-refractivity contribution in [1.29, 1.82) is 0 Å². The summed E-state index contributed by atoms with van der Waals surface area (Å²) in [6.45, 7) is 1.70. The summed E-state index contributed by atoms with van der Waals surface area (Å²) in [4.78, 5) is 0. The van der Waals surface area contributed by atoms with Gasteiger partial charge in [0.25, 0.3) is 0 Å². The zero-order valence-corrected chi connectivity index (χ0v) is 10.5. The second kappa shape index (κ2) is 3.96. The molecule has 2 aliphatic rings. The van der Waals surface area contributed by atoms with Crippen molar-refractivity contribution in [3.8, 4) is 0 Å². The third-order valence-corrected chi connectivity index (χ3v) is 4.65. The summed E-state index contributed by atoms with van der Waals surface area (Å²) in [5, 5.41) is 10.7. The molecule has 3 heteroatoms. The van der Waals surface area contributed by atoms with E-state index < -0.39 is 6.10 Å².